The first-order valence-electron chi connectivity index (χ1n) is 8.81. The van der Waals surface area contributed by atoms with Crippen LogP contribution < -0.4 is 10.2 Å². The van der Waals surface area contributed by atoms with E-state index in [4.69, 9.17) is 0 Å². The minimum Gasteiger partial charge on any atom is -0.347 e. The van der Waals surface area contributed by atoms with Crippen LogP contribution in [0.1, 0.15) is 22.3 Å². The highest BCUT2D eigenvalue weighted by Crippen LogP contribution is 2.23. The number of rotatable bonds is 4. The molecule has 1 fully saturated rings. The van der Waals surface area contributed by atoms with Crippen LogP contribution in [0.5, 0.6) is 0 Å². The number of aromatic nitrogens is 1. The quantitative estimate of drug-likeness (QED) is 0.758. The molecule has 0 bridgehead atoms. The highest BCUT2D eigenvalue weighted by molar-refractivity contribution is 7.13. The minimum atomic E-state index is -0.00792. The maximum atomic E-state index is 12.5. The molecule has 3 aromatic rings. The summed E-state index contributed by atoms with van der Waals surface area (Å²) in [4.78, 5) is 19.1. The van der Waals surface area contributed by atoms with Crippen molar-refractivity contribution in [2.45, 2.75) is 19.4 Å². The van der Waals surface area contributed by atoms with Crippen LogP contribution in [0.25, 0.3) is 11.1 Å². The number of carbonyl (C=O) groups excluding carboxylic acids is 1. The van der Waals surface area contributed by atoms with E-state index in [0.29, 0.717) is 5.56 Å². The summed E-state index contributed by atoms with van der Waals surface area (Å²) in [5.74, 6) is -0.00792. The number of amides is 1. The van der Waals surface area contributed by atoms with Crippen LogP contribution in [-0.4, -0.2) is 30.0 Å². The fraction of sp³-hybridized carbons (Fsp3) is 0.238. The molecular weight excluding hydrogens is 342 g/mol. The summed E-state index contributed by atoms with van der Waals surface area (Å²) in [6.45, 7) is 3.83. The lowest BCUT2D eigenvalue weighted by Crippen LogP contribution is -2.37. The monoisotopic (exact) mass is 363 g/mol. The summed E-state index contributed by atoms with van der Waals surface area (Å²) in [6.07, 6.45) is 2.77. The second kappa shape index (κ2) is 7.30. The Morgan fingerprint density at radius 2 is 1.81 bits per heavy atom. The van der Waals surface area contributed by atoms with Gasteiger partial charge in [-0.05, 0) is 36.6 Å². The third kappa shape index (κ3) is 3.63. The molecule has 132 valence electrons. The number of aryl methyl sites for hydroxylation is 1. The molecule has 1 amide bonds. The maximum absolute atomic E-state index is 12.5. The second-order valence-electron chi connectivity index (χ2n) is 6.66. The highest BCUT2D eigenvalue weighted by atomic mass is 32.1. The molecule has 1 atom stereocenters. The lowest BCUT2D eigenvalue weighted by atomic mass is 10.0. The third-order valence-corrected chi connectivity index (χ3v) is 5.58. The average Bonchev–Trinajstić information content (AvgIpc) is 3.34. The van der Waals surface area contributed by atoms with Gasteiger partial charge in [0.05, 0.1) is 0 Å². The number of hydrogen-bond donors (Lipinski definition) is 1. The van der Waals surface area contributed by atoms with Gasteiger partial charge in [-0.25, -0.2) is 4.98 Å². The van der Waals surface area contributed by atoms with Gasteiger partial charge in [0.25, 0.3) is 5.91 Å². The largest absolute Gasteiger partial charge is 0.347 e. The zero-order valence-corrected chi connectivity index (χ0v) is 15.5. The average molecular weight is 363 g/mol. The summed E-state index contributed by atoms with van der Waals surface area (Å²) < 4.78 is 0. The van der Waals surface area contributed by atoms with Crippen molar-refractivity contribution in [2.75, 3.05) is 18.0 Å². The van der Waals surface area contributed by atoms with Gasteiger partial charge < -0.3 is 10.2 Å². The Labute approximate surface area is 157 Å². The van der Waals surface area contributed by atoms with Crippen LogP contribution in [-0.2, 0) is 0 Å². The van der Waals surface area contributed by atoms with Crippen molar-refractivity contribution in [1.29, 1.82) is 0 Å². The Kier molecular flexibility index (Phi) is 4.71. The van der Waals surface area contributed by atoms with Crippen LogP contribution in [0, 0.1) is 6.92 Å². The molecule has 2 aromatic carbocycles. The normalized spacial score (nSPS) is 16.7. The first-order chi connectivity index (χ1) is 12.7. The van der Waals surface area contributed by atoms with E-state index >= 15 is 0 Å². The van der Waals surface area contributed by atoms with E-state index in [1.165, 1.54) is 5.56 Å². The van der Waals surface area contributed by atoms with Crippen LogP contribution >= 0.6 is 11.3 Å². The molecule has 0 saturated carbocycles. The molecular formula is C21H21N3OS. The van der Waals surface area contributed by atoms with E-state index < -0.39 is 0 Å². The van der Waals surface area contributed by atoms with Gasteiger partial charge in [-0.3, -0.25) is 4.79 Å². The number of benzene rings is 2. The Hall–Kier alpha value is -2.66. The standard InChI is InChI=1S/C21H21N3OS/c1-15-2-4-16(5-3-15)17-6-8-18(9-7-17)20(25)23-19-10-12-24(14-19)21-22-11-13-26-21/h2-9,11,13,19H,10,12,14H2,1H3,(H,23,25). The van der Waals surface area contributed by atoms with Gasteiger partial charge in [0.15, 0.2) is 5.13 Å². The number of carbonyl (C=O) groups is 1. The van der Waals surface area contributed by atoms with Gasteiger partial charge in [-0.1, -0.05) is 42.0 Å². The van der Waals surface area contributed by atoms with Crippen molar-refractivity contribution in [2.24, 2.45) is 0 Å². The molecule has 1 N–H and O–H groups in total. The topological polar surface area (TPSA) is 45.2 Å². The molecule has 5 heteroatoms. The zero-order chi connectivity index (χ0) is 17.9. The number of hydrogen-bond acceptors (Lipinski definition) is 4. The predicted molar refractivity (Wildman–Crippen MR) is 107 cm³/mol. The highest BCUT2D eigenvalue weighted by Gasteiger charge is 2.25. The molecule has 0 aliphatic carbocycles. The van der Waals surface area contributed by atoms with Crippen molar-refractivity contribution in [1.82, 2.24) is 10.3 Å². The second-order valence-corrected chi connectivity index (χ2v) is 7.54. The van der Waals surface area contributed by atoms with E-state index in [0.717, 1.165) is 35.8 Å². The molecule has 0 spiro atoms. The molecule has 4 rings (SSSR count). The van der Waals surface area contributed by atoms with Gasteiger partial charge in [0, 0.05) is 36.3 Å². The van der Waals surface area contributed by atoms with Crippen LogP contribution in [0.4, 0.5) is 5.13 Å². The van der Waals surface area contributed by atoms with E-state index in [2.05, 4.69) is 46.4 Å². The maximum Gasteiger partial charge on any atom is 0.251 e. The van der Waals surface area contributed by atoms with Crippen molar-refractivity contribution in [3.8, 4) is 11.1 Å². The molecule has 1 aliphatic heterocycles. The Morgan fingerprint density at radius 3 is 2.46 bits per heavy atom. The Balaban J connectivity index is 1.38. The first kappa shape index (κ1) is 16.8. The van der Waals surface area contributed by atoms with Crippen LogP contribution in [0.3, 0.4) is 0 Å². The fourth-order valence-electron chi connectivity index (χ4n) is 3.25. The minimum absolute atomic E-state index is 0.00792. The molecule has 26 heavy (non-hydrogen) atoms. The summed E-state index contributed by atoms with van der Waals surface area (Å²) in [6, 6.07) is 16.4. The van der Waals surface area contributed by atoms with Crippen molar-refractivity contribution in [3.05, 3.63) is 71.2 Å². The van der Waals surface area contributed by atoms with Gasteiger partial charge in [-0.15, -0.1) is 11.3 Å². The Bertz CT molecular complexity index is 873. The zero-order valence-electron chi connectivity index (χ0n) is 14.7. The van der Waals surface area contributed by atoms with Crippen molar-refractivity contribution >= 4 is 22.4 Å². The van der Waals surface area contributed by atoms with Gasteiger partial charge in [0.1, 0.15) is 0 Å². The molecule has 1 unspecified atom stereocenters. The number of anilines is 1. The third-order valence-electron chi connectivity index (χ3n) is 4.75. The molecule has 0 radical (unpaired) electrons. The smallest absolute Gasteiger partial charge is 0.251 e. The molecule has 1 aliphatic rings. The Morgan fingerprint density at radius 1 is 1.12 bits per heavy atom. The number of thiazole rings is 1. The number of nitrogens with zero attached hydrogens (tertiary/aromatic N) is 2. The lowest BCUT2D eigenvalue weighted by molar-refractivity contribution is 0.0940. The molecule has 4 nitrogen and oxygen atoms in total. The van der Waals surface area contributed by atoms with Crippen molar-refractivity contribution in [3.63, 3.8) is 0 Å². The van der Waals surface area contributed by atoms with E-state index in [-0.39, 0.29) is 11.9 Å². The lowest BCUT2D eigenvalue weighted by Gasteiger charge is -2.16. The SMILES string of the molecule is Cc1ccc(-c2ccc(C(=O)NC3CCN(c4nccs4)C3)cc2)cc1. The fourth-order valence-corrected chi connectivity index (χ4v) is 3.93. The van der Waals surface area contributed by atoms with Gasteiger partial charge >= 0.3 is 0 Å². The van der Waals surface area contributed by atoms with Crippen LogP contribution in [0.2, 0.25) is 0 Å². The first-order valence-corrected chi connectivity index (χ1v) is 9.69. The number of nitrogens with one attached hydrogen (secondary N) is 1. The van der Waals surface area contributed by atoms with Crippen LogP contribution in [0.15, 0.2) is 60.1 Å². The molecule has 1 saturated heterocycles. The predicted octanol–water partition coefficient (Wildman–Crippen LogP) is 4.13. The van der Waals surface area contributed by atoms with E-state index in [9.17, 15) is 4.79 Å². The molecule has 1 aromatic heterocycles. The molecule has 2 heterocycles. The summed E-state index contributed by atoms with van der Waals surface area (Å²) in [7, 11) is 0. The van der Waals surface area contributed by atoms with E-state index in [1.54, 1.807) is 11.3 Å². The summed E-state index contributed by atoms with van der Waals surface area (Å²) in [5.41, 5.74) is 4.23. The van der Waals surface area contributed by atoms with Gasteiger partial charge in [-0.2, -0.15) is 0 Å². The summed E-state index contributed by atoms with van der Waals surface area (Å²) >= 11 is 1.64. The van der Waals surface area contributed by atoms with Gasteiger partial charge in [0.2, 0.25) is 0 Å². The summed E-state index contributed by atoms with van der Waals surface area (Å²) in [5, 5.41) is 6.16. The van der Waals surface area contributed by atoms with E-state index in [1.807, 2.05) is 35.8 Å². The van der Waals surface area contributed by atoms with Crippen molar-refractivity contribution < 1.29 is 4.79 Å².